The van der Waals surface area contributed by atoms with Crippen LogP contribution in [-0.2, 0) is 23.2 Å². The van der Waals surface area contributed by atoms with Crippen LogP contribution in [0.1, 0.15) is 25.3 Å². The number of pyridine rings is 1. The first-order valence-corrected chi connectivity index (χ1v) is 10.5. The molecule has 0 spiro atoms. The number of aryl methyl sites for hydroxylation is 1. The molecule has 0 aliphatic carbocycles. The molecule has 0 saturated carbocycles. The number of hydrogen-bond donors (Lipinski definition) is 0. The van der Waals surface area contributed by atoms with Crippen LogP contribution in [0.2, 0.25) is 0 Å². The molecule has 3 rings (SSSR count). The van der Waals surface area contributed by atoms with E-state index in [1.54, 1.807) is 24.6 Å². The Kier molecular flexibility index (Phi) is 5.74. The normalized spacial score (nSPS) is 17.1. The van der Waals surface area contributed by atoms with Crippen LogP contribution in [0.4, 0.5) is 0 Å². The summed E-state index contributed by atoms with van der Waals surface area (Å²) in [5.74, 6) is 0.495. The molecule has 0 aromatic carbocycles. The minimum atomic E-state index is -3.29. The van der Waals surface area contributed by atoms with Crippen LogP contribution in [-0.4, -0.2) is 59.0 Å². The highest BCUT2D eigenvalue weighted by Gasteiger charge is 2.29. The lowest BCUT2D eigenvalue weighted by molar-refractivity contribution is 0.262. The molecule has 26 heavy (non-hydrogen) atoms. The Labute approximate surface area is 155 Å². The van der Waals surface area contributed by atoms with Gasteiger partial charge in [0.25, 0.3) is 10.2 Å². The molecule has 2 aromatic rings. The lowest BCUT2D eigenvalue weighted by Crippen LogP contribution is -2.44. The SMILES string of the molecule is CCn1nccc1-c1cc(CC2CCN(S(=O)(=O)N(C)C)CC2)ccn1. The van der Waals surface area contributed by atoms with E-state index < -0.39 is 10.2 Å². The second-order valence-corrected chi connectivity index (χ2v) is 9.06. The zero-order chi connectivity index (χ0) is 18.7. The topological polar surface area (TPSA) is 71.3 Å². The maximum Gasteiger partial charge on any atom is 0.281 e. The number of rotatable bonds is 6. The van der Waals surface area contributed by atoms with Gasteiger partial charge >= 0.3 is 0 Å². The van der Waals surface area contributed by atoms with Crippen molar-refractivity contribution in [2.45, 2.75) is 32.7 Å². The lowest BCUT2D eigenvalue weighted by Gasteiger charge is -2.32. The van der Waals surface area contributed by atoms with Crippen molar-refractivity contribution < 1.29 is 8.42 Å². The summed E-state index contributed by atoms with van der Waals surface area (Å²) in [7, 11) is -0.125. The maximum absolute atomic E-state index is 12.2. The van der Waals surface area contributed by atoms with Crippen LogP contribution in [0.3, 0.4) is 0 Å². The zero-order valence-electron chi connectivity index (χ0n) is 15.7. The predicted octanol–water partition coefficient (Wildman–Crippen LogP) is 2.03. The molecule has 0 N–H and O–H groups in total. The second kappa shape index (κ2) is 7.85. The quantitative estimate of drug-likeness (QED) is 0.772. The van der Waals surface area contributed by atoms with E-state index in [9.17, 15) is 8.42 Å². The fourth-order valence-corrected chi connectivity index (χ4v) is 4.59. The van der Waals surface area contributed by atoms with E-state index in [0.29, 0.717) is 19.0 Å². The van der Waals surface area contributed by atoms with Gasteiger partial charge in [0, 0.05) is 46.1 Å². The summed E-state index contributed by atoms with van der Waals surface area (Å²) in [6.45, 7) is 4.06. The molecule has 2 aromatic heterocycles. The molecule has 142 valence electrons. The average Bonchev–Trinajstić information content (AvgIpc) is 3.11. The Hall–Kier alpha value is -1.77. The van der Waals surface area contributed by atoms with Crippen LogP contribution in [0, 0.1) is 5.92 Å². The van der Waals surface area contributed by atoms with E-state index in [1.165, 1.54) is 9.87 Å². The van der Waals surface area contributed by atoms with Gasteiger partial charge in [-0.15, -0.1) is 0 Å². The van der Waals surface area contributed by atoms with Gasteiger partial charge in [-0.05, 0) is 55.9 Å². The Bertz CT molecular complexity index is 839. The standard InChI is InChI=1S/C18H27N5O2S/c1-4-23-18(6-10-20-23)17-14-16(5-9-19-17)13-15-7-11-22(12-8-15)26(24,25)21(2)3/h5-6,9-10,14-15H,4,7-8,11-13H2,1-3H3. The summed E-state index contributed by atoms with van der Waals surface area (Å²) in [5, 5.41) is 4.31. The molecule has 1 fully saturated rings. The van der Waals surface area contributed by atoms with Gasteiger partial charge in [0.2, 0.25) is 0 Å². The third kappa shape index (κ3) is 3.97. The average molecular weight is 378 g/mol. The van der Waals surface area contributed by atoms with Crippen LogP contribution < -0.4 is 0 Å². The van der Waals surface area contributed by atoms with E-state index in [0.717, 1.165) is 37.2 Å². The van der Waals surface area contributed by atoms with Crippen molar-refractivity contribution in [1.29, 1.82) is 0 Å². The maximum atomic E-state index is 12.2. The minimum absolute atomic E-state index is 0.495. The fourth-order valence-electron chi connectivity index (χ4n) is 3.45. The molecule has 0 atom stereocenters. The van der Waals surface area contributed by atoms with E-state index >= 15 is 0 Å². The van der Waals surface area contributed by atoms with Crippen LogP contribution in [0.5, 0.6) is 0 Å². The van der Waals surface area contributed by atoms with Crippen molar-refractivity contribution in [3.63, 3.8) is 0 Å². The molecule has 7 nitrogen and oxygen atoms in total. The first kappa shape index (κ1) is 19.0. The Morgan fingerprint density at radius 2 is 1.92 bits per heavy atom. The van der Waals surface area contributed by atoms with Crippen LogP contribution >= 0.6 is 0 Å². The van der Waals surface area contributed by atoms with Crippen molar-refractivity contribution in [2.24, 2.45) is 5.92 Å². The Morgan fingerprint density at radius 1 is 1.19 bits per heavy atom. The highest BCUT2D eigenvalue weighted by Crippen LogP contribution is 2.25. The molecule has 1 saturated heterocycles. The largest absolute Gasteiger partial charge is 0.281 e. The van der Waals surface area contributed by atoms with E-state index in [-0.39, 0.29) is 0 Å². The highest BCUT2D eigenvalue weighted by atomic mass is 32.2. The Morgan fingerprint density at radius 3 is 2.58 bits per heavy atom. The summed E-state index contributed by atoms with van der Waals surface area (Å²) < 4.78 is 29.3. The molecule has 0 amide bonds. The fraction of sp³-hybridized carbons (Fsp3) is 0.556. The molecular formula is C18H27N5O2S. The smallest absolute Gasteiger partial charge is 0.264 e. The van der Waals surface area contributed by atoms with Gasteiger partial charge in [0.1, 0.15) is 0 Å². The van der Waals surface area contributed by atoms with Crippen molar-refractivity contribution in [3.05, 3.63) is 36.2 Å². The second-order valence-electron chi connectivity index (χ2n) is 6.92. The molecule has 0 bridgehead atoms. The molecular weight excluding hydrogens is 350 g/mol. The van der Waals surface area contributed by atoms with Crippen molar-refractivity contribution in [3.8, 4) is 11.4 Å². The lowest BCUT2D eigenvalue weighted by atomic mass is 9.91. The number of piperidine rings is 1. The van der Waals surface area contributed by atoms with E-state index in [1.807, 2.05) is 16.9 Å². The number of aromatic nitrogens is 3. The summed E-state index contributed by atoms with van der Waals surface area (Å²) >= 11 is 0. The highest BCUT2D eigenvalue weighted by molar-refractivity contribution is 7.86. The van der Waals surface area contributed by atoms with Gasteiger partial charge in [-0.1, -0.05) is 0 Å². The summed E-state index contributed by atoms with van der Waals surface area (Å²) in [5.41, 5.74) is 3.21. The van der Waals surface area contributed by atoms with Gasteiger partial charge in [-0.2, -0.15) is 22.1 Å². The summed E-state index contributed by atoms with van der Waals surface area (Å²) in [4.78, 5) is 4.49. The summed E-state index contributed by atoms with van der Waals surface area (Å²) in [6, 6.07) is 6.17. The monoisotopic (exact) mass is 377 g/mol. The molecule has 1 aliphatic heterocycles. The molecule has 1 aliphatic rings. The van der Waals surface area contributed by atoms with Gasteiger partial charge in [-0.3, -0.25) is 9.67 Å². The van der Waals surface area contributed by atoms with Crippen LogP contribution in [0.25, 0.3) is 11.4 Å². The molecule has 8 heteroatoms. The molecule has 0 radical (unpaired) electrons. The summed E-state index contributed by atoms with van der Waals surface area (Å²) in [6.07, 6.45) is 6.37. The van der Waals surface area contributed by atoms with Crippen molar-refractivity contribution in [2.75, 3.05) is 27.2 Å². The van der Waals surface area contributed by atoms with Crippen molar-refractivity contribution in [1.82, 2.24) is 23.4 Å². The van der Waals surface area contributed by atoms with Crippen LogP contribution in [0.15, 0.2) is 30.6 Å². The van der Waals surface area contributed by atoms with Gasteiger partial charge in [-0.25, -0.2) is 0 Å². The van der Waals surface area contributed by atoms with Gasteiger partial charge < -0.3 is 0 Å². The number of nitrogens with zero attached hydrogens (tertiary/aromatic N) is 5. The zero-order valence-corrected chi connectivity index (χ0v) is 16.5. The van der Waals surface area contributed by atoms with Gasteiger partial charge in [0.15, 0.2) is 0 Å². The number of hydrogen-bond acceptors (Lipinski definition) is 4. The van der Waals surface area contributed by atoms with Gasteiger partial charge in [0.05, 0.1) is 11.4 Å². The predicted molar refractivity (Wildman–Crippen MR) is 102 cm³/mol. The Balaban J connectivity index is 1.65. The first-order chi connectivity index (χ1) is 12.4. The van der Waals surface area contributed by atoms with Crippen molar-refractivity contribution >= 4 is 10.2 Å². The third-order valence-corrected chi connectivity index (χ3v) is 6.93. The third-order valence-electron chi connectivity index (χ3n) is 4.99. The van der Waals surface area contributed by atoms with E-state index in [4.69, 9.17) is 0 Å². The molecule has 0 unspecified atom stereocenters. The minimum Gasteiger partial charge on any atom is -0.264 e. The molecule has 3 heterocycles. The first-order valence-electron chi connectivity index (χ1n) is 9.06. The van der Waals surface area contributed by atoms with E-state index in [2.05, 4.69) is 29.1 Å².